The van der Waals surface area contributed by atoms with Gasteiger partial charge in [0.2, 0.25) is 5.91 Å². The van der Waals surface area contributed by atoms with Crippen LogP contribution in [0.5, 0.6) is 0 Å². The average Bonchev–Trinajstić information content (AvgIpc) is 3.21. The monoisotopic (exact) mass is 487 g/mol. The Kier molecular flexibility index (Phi) is 6.84. The average molecular weight is 488 g/mol. The Morgan fingerprint density at radius 2 is 1.78 bits per heavy atom. The molecule has 2 aliphatic heterocycles. The van der Waals surface area contributed by atoms with Crippen molar-refractivity contribution in [2.75, 3.05) is 36.5 Å². The molecular formula is C29H37N5O2. The number of likely N-dealkylation sites (N-methyl/N-ethyl adjacent to an activating group) is 1. The van der Waals surface area contributed by atoms with Crippen molar-refractivity contribution in [3.8, 4) is 11.3 Å². The Balaban J connectivity index is 1.33. The summed E-state index contributed by atoms with van der Waals surface area (Å²) >= 11 is 0. The Morgan fingerprint density at radius 1 is 1.06 bits per heavy atom. The van der Waals surface area contributed by atoms with E-state index in [-0.39, 0.29) is 11.8 Å². The maximum atomic E-state index is 13.6. The molecule has 1 amide bonds. The van der Waals surface area contributed by atoms with Gasteiger partial charge in [0.1, 0.15) is 11.5 Å². The molecule has 5 rings (SSSR count). The number of aryl methyl sites for hydroxylation is 2. The molecule has 0 aliphatic carbocycles. The molecule has 3 atom stereocenters. The van der Waals surface area contributed by atoms with Gasteiger partial charge in [-0.3, -0.25) is 14.7 Å². The van der Waals surface area contributed by atoms with E-state index in [2.05, 4.69) is 41.7 Å². The summed E-state index contributed by atoms with van der Waals surface area (Å²) in [6.45, 7) is 11.0. The number of hydrogen-bond donors (Lipinski definition) is 0. The lowest BCUT2D eigenvalue weighted by molar-refractivity contribution is -0.123. The topological polar surface area (TPSA) is 65.7 Å². The van der Waals surface area contributed by atoms with Crippen LogP contribution in [-0.2, 0) is 11.2 Å². The van der Waals surface area contributed by atoms with Crippen LogP contribution in [0.1, 0.15) is 44.0 Å². The highest BCUT2D eigenvalue weighted by molar-refractivity contribution is 5.96. The highest BCUT2D eigenvalue weighted by atomic mass is 16.4. The van der Waals surface area contributed by atoms with Crippen molar-refractivity contribution >= 4 is 17.3 Å². The zero-order chi connectivity index (χ0) is 25.4. The van der Waals surface area contributed by atoms with E-state index in [0.29, 0.717) is 24.4 Å². The van der Waals surface area contributed by atoms with Gasteiger partial charge in [0.15, 0.2) is 5.89 Å². The standard InChI is InChI=1S/C29H37N5O2/c1-19-17-33(18-20(2)32(19)5)27-9-6-14-30-26(27)16-24-8-7-15-34(29(24)35)25-12-10-23(11-13-25)28-21(3)36-22(4)31-28/h6,9-14,19-20,24H,7-8,15-18H2,1-5H3. The molecule has 2 aliphatic rings. The molecule has 190 valence electrons. The number of amides is 1. The third-order valence-electron chi connectivity index (χ3n) is 7.91. The van der Waals surface area contributed by atoms with Crippen LogP contribution < -0.4 is 9.80 Å². The van der Waals surface area contributed by atoms with Crippen molar-refractivity contribution < 1.29 is 9.21 Å². The van der Waals surface area contributed by atoms with E-state index in [1.54, 1.807) is 0 Å². The Labute approximate surface area is 214 Å². The van der Waals surface area contributed by atoms with E-state index in [9.17, 15) is 4.79 Å². The minimum atomic E-state index is -0.0603. The minimum absolute atomic E-state index is 0.0603. The molecule has 36 heavy (non-hydrogen) atoms. The van der Waals surface area contributed by atoms with Crippen LogP contribution in [0.4, 0.5) is 11.4 Å². The SMILES string of the molecule is Cc1nc(-c2ccc(N3CCCC(Cc4ncccc4N4CC(C)N(C)C(C)C4)C3=O)cc2)c(C)o1. The second-order valence-corrected chi connectivity index (χ2v) is 10.5. The number of pyridine rings is 1. The van der Waals surface area contributed by atoms with Crippen LogP contribution in [0.15, 0.2) is 47.0 Å². The van der Waals surface area contributed by atoms with Gasteiger partial charge in [-0.25, -0.2) is 4.98 Å². The van der Waals surface area contributed by atoms with Crippen molar-refractivity contribution in [1.29, 1.82) is 0 Å². The molecule has 1 aromatic carbocycles. The molecule has 2 aromatic heterocycles. The first kappa shape index (κ1) is 24.5. The van der Waals surface area contributed by atoms with Gasteiger partial charge in [-0.05, 0) is 64.9 Å². The molecule has 7 nitrogen and oxygen atoms in total. The van der Waals surface area contributed by atoms with Crippen LogP contribution in [0.2, 0.25) is 0 Å². The third kappa shape index (κ3) is 4.76. The second-order valence-electron chi connectivity index (χ2n) is 10.5. The van der Waals surface area contributed by atoms with E-state index >= 15 is 0 Å². The molecular weight excluding hydrogens is 450 g/mol. The number of rotatable bonds is 5. The van der Waals surface area contributed by atoms with Crippen molar-refractivity contribution in [3.63, 3.8) is 0 Å². The molecule has 4 heterocycles. The quantitative estimate of drug-likeness (QED) is 0.512. The van der Waals surface area contributed by atoms with Crippen LogP contribution in [-0.4, -0.2) is 59.5 Å². The number of hydrogen-bond acceptors (Lipinski definition) is 6. The Bertz CT molecular complexity index is 1210. The first-order valence-corrected chi connectivity index (χ1v) is 13.1. The lowest BCUT2D eigenvalue weighted by Gasteiger charge is -2.44. The van der Waals surface area contributed by atoms with Crippen LogP contribution in [0.25, 0.3) is 11.3 Å². The number of anilines is 2. The highest BCUT2D eigenvalue weighted by Gasteiger charge is 2.33. The summed E-state index contributed by atoms with van der Waals surface area (Å²) in [6, 6.07) is 13.2. The smallest absolute Gasteiger partial charge is 0.230 e. The molecule has 0 spiro atoms. The molecule has 0 bridgehead atoms. The zero-order valence-electron chi connectivity index (χ0n) is 22.1. The van der Waals surface area contributed by atoms with Crippen molar-refractivity contribution in [2.24, 2.45) is 5.92 Å². The van der Waals surface area contributed by atoms with Gasteiger partial charge < -0.3 is 14.2 Å². The molecule has 0 radical (unpaired) electrons. The van der Waals surface area contributed by atoms with Gasteiger partial charge in [0, 0.05) is 68.4 Å². The predicted octanol–water partition coefficient (Wildman–Crippen LogP) is 4.87. The van der Waals surface area contributed by atoms with Gasteiger partial charge in [0.05, 0.1) is 11.4 Å². The predicted molar refractivity (Wildman–Crippen MR) is 143 cm³/mol. The number of oxazole rings is 1. The number of carbonyl (C=O) groups is 1. The van der Waals surface area contributed by atoms with E-state index in [1.165, 1.54) is 5.69 Å². The fraction of sp³-hybridized carbons (Fsp3) is 0.483. The van der Waals surface area contributed by atoms with Crippen molar-refractivity contribution in [2.45, 2.75) is 59.0 Å². The normalized spacial score (nSPS) is 23.4. The number of carbonyl (C=O) groups excluding carboxylic acids is 1. The summed E-state index contributed by atoms with van der Waals surface area (Å²) in [4.78, 5) is 29.7. The van der Waals surface area contributed by atoms with Crippen LogP contribution >= 0.6 is 0 Å². The summed E-state index contributed by atoms with van der Waals surface area (Å²) in [5, 5.41) is 0. The molecule has 3 unspecified atom stereocenters. The molecule has 2 saturated heterocycles. The van der Waals surface area contributed by atoms with Crippen LogP contribution in [0, 0.1) is 19.8 Å². The van der Waals surface area contributed by atoms with Gasteiger partial charge in [-0.15, -0.1) is 0 Å². The third-order valence-corrected chi connectivity index (χ3v) is 7.91. The Hall–Kier alpha value is -3.19. The molecule has 7 heteroatoms. The number of aromatic nitrogens is 2. The highest BCUT2D eigenvalue weighted by Crippen LogP contribution is 2.32. The maximum absolute atomic E-state index is 13.6. The molecule has 0 saturated carbocycles. The first-order valence-electron chi connectivity index (χ1n) is 13.1. The van der Waals surface area contributed by atoms with Gasteiger partial charge >= 0.3 is 0 Å². The van der Waals surface area contributed by atoms with Gasteiger partial charge in [-0.2, -0.15) is 0 Å². The lowest BCUT2D eigenvalue weighted by atomic mass is 9.91. The van der Waals surface area contributed by atoms with Crippen molar-refractivity contribution in [3.05, 3.63) is 59.9 Å². The lowest BCUT2D eigenvalue weighted by Crippen LogP contribution is -2.55. The van der Waals surface area contributed by atoms with E-state index in [1.807, 2.05) is 55.3 Å². The zero-order valence-corrected chi connectivity index (χ0v) is 22.1. The van der Waals surface area contributed by atoms with Gasteiger partial charge in [0.25, 0.3) is 0 Å². The Morgan fingerprint density at radius 3 is 2.44 bits per heavy atom. The van der Waals surface area contributed by atoms with E-state index in [0.717, 1.165) is 60.9 Å². The summed E-state index contributed by atoms with van der Waals surface area (Å²) in [6.07, 6.45) is 4.43. The summed E-state index contributed by atoms with van der Waals surface area (Å²) in [5.41, 5.74) is 5.01. The number of piperazine rings is 1. The largest absolute Gasteiger partial charge is 0.446 e. The molecule has 3 aromatic rings. The minimum Gasteiger partial charge on any atom is -0.446 e. The summed E-state index contributed by atoms with van der Waals surface area (Å²) in [7, 11) is 2.20. The summed E-state index contributed by atoms with van der Waals surface area (Å²) in [5.74, 6) is 1.61. The fourth-order valence-corrected chi connectivity index (χ4v) is 5.70. The van der Waals surface area contributed by atoms with Gasteiger partial charge in [-0.1, -0.05) is 12.1 Å². The molecule has 2 fully saturated rings. The molecule has 0 N–H and O–H groups in total. The van der Waals surface area contributed by atoms with Crippen LogP contribution in [0.3, 0.4) is 0 Å². The number of piperidine rings is 1. The van der Waals surface area contributed by atoms with E-state index in [4.69, 9.17) is 9.40 Å². The summed E-state index contributed by atoms with van der Waals surface area (Å²) < 4.78 is 5.59. The fourth-order valence-electron chi connectivity index (χ4n) is 5.70. The van der Waals surface area contributed by atoms with Crippen molar-refractivity contribution in [1.82, 2.24) is 14.9 Å². The second kappa shape index (κ2) is 10.1. The van der Waals surface area contributed by atoms with E-state index < -0.39 is 0 Å². The number of benzene rings is 1. The first-order chi connectivity index (χ1) is 17.3. The maximum Gasteiger partial charge on any atom is 0.230 e. The number of nitrogens with zero attached hydrogens (tertiary/aromatic N) is 5.